The number of nitrogens with zero attached hydrogens (tertiary/aromatic N) is 4. The van der Waals surface area contributed by atoms with Crippen molar-refractivity contribution in [2.24, 2.45) is 5.73 Å². The quantitative estimate of drug-likeness (QED) is 0.807. The zero-order valence-electron chi connectivity index (χ0n) is 17.2. The minimum Gasteiger partial charge on any atom is -0.340 e. The molecule has 0 aliphatic carbocycles. The van der Waals surface area contributed by atoms with Gasteiger partial charge in [-0.1, -0.05) is 27.7 Å². The summed E-state index contributed by atoms with van der Waals surface area (Å²) in [5.41, 5.74) is 9.97. The van der Waals surface area contributed by atoms with E-state index in [-0.39, 0.29) is 17.9 Å². The number of nitrogens with two attached hydrogens (primary N) is 1. The summed E-state index contributed by atoms with van der Waals surface area (Å²) in [7, 11) is 0. The Morgan fingerprint density at radius 3 is 2.46 bits per heavy atom. The number of rotatable bonds is 5. The first kappa shape index (κ1) is 20.1. The molecule has 0 radical (unpaired) electrons. The molecule has 6 nitrogen and oxygen atoms in total. The Morgan fingerprint density at radius 2 is 1.89 bits per heavy atom. The van der Waals surface area contributed by atoms with E-state index in [0.717, 1.165) is 54.1 Å². The van der Waals surface area contributed by atoms with E-state index >= 15 is 0 Å². The maximum Gasteiger partial charge on any atom is 0.227 e. The molecule has 0 saturated carbocycles. The lowest BCUT2D eigenvalue weighted by Crippen LogP contribution is -2.43. The van der Waals surface area contributed by atoms with Crippen molar-refractivity contribution < 1.29 is 0 Å². The minimum atomic E-state index is 0.176. The number of hydrogen-bond acceptors (Lipinski definition) is 6. The van der Waals surface area contributed by atoms with Gasteiger partial charge in [0.1, 0.15) is 5.82 Å². The molecule has 1 atom stereocenters. The number of nitrogens with one attached hydrogen (secondary N) is 1. The van der Waals surface area contributed by atoms with E-state index in [1.165, 1.54) is 0 Å². The van der Waals surface area contributed by atoms with E-state index < -0.39 is 0 Å². The molecule has 3 rings (SSSR count). The zero-order valence-corrected chi connectivity index (χ0v) is 17.2. The molecule has 1 aliphatic rings. The van der Waals surface area contributed by atoms with Crippen LogP contribution in [0.4, 0.5) is 17.5 Å². The van der Waals surface area contributed by atoms with Crippen LogP contribution in [0.3, 0.4) is 0 Å². The summed E-state index contributed by atoms with van der Waals surface area (Å²) >= 11 is 0. The molecule has 0 amide bonds. The van der Waals surface area contributed by atoms with Crippen LogP contribution in [-0.4, -0.2) is 29.1 Å². The third-order valence-corrected chi connectivity index (χ3v) is 5.21. The molecule has 0 unspecified atom stereocenters. The second-order valence-electron chi connectivity index (χ2n) is 8.17. The molecular formula is C22H30N6. The Morgan fingerprint density at radius 1 is 1.21 bits per heavy atom. The lowest BCUT2D eigenvalue weighted by Gasteiger charge is -2.30. The van der Waals surface area contributed by atoms with Crippen LogP contribution in [0.25, 0.3) is 0 Å². The van der Waals surface area contributed by atoms with E-state index in [2.05, 4.69) is 61.1 Å². The number of benzene rings is 1. The average Bonchev–Trinajstić information content (AvgIpc) is 2.67. The predicted octanol–water partition coefficient (Wildman–Crippen LogP) is 4.27. The molecule has 6 heteroatoms. The van der Waals surface area contributed by atoms with Crippen LogP contribution in [0.15, 0.2) is 24.4 Å². The van der Waals surface area contributed by atoms with Crippen LogP contribution >= 0.6 is 0 Å². The van der Waals surface area contributed by atoms with Crippen molar-refractivity contribution in [3.8, 4) is 6.07 Å². The third-order valence-electron chi connectivity index (χ3n) is 5.21. The molecule has 28 heavy (non-hydrogen) atoms. The molecule has 1 fully saturated rings. The minimum absolute atomic E-state index is 0.176. The molecular weight excluding hydrogens is 348 g/mol. The highest BCUT2D eigenvalue weighted by atomic mass is 15.3. The van der Waals surface area contributed by atoms with Gasteiger partial charge in [-0.15, -0.1) is 0 Å². The fraction of sp³-hybridized carbons (Fsp3) is 0.500. The first-order valence-electron chi connectivity index (χ1n) is 10.1. The Hall–Kier alpha value is -2.65. The van der Waals surface area contributed by atoms with Gasteiger partial charge in [-0.25, -0.2) is 4.98 Å². The molecule has 2 heterocycles. The molecule has 1 saturated heterocycles. The van der Waals surface area contributed by atoms with Crippen molar-refractivity contribution in [1.29, 1.82) is 5.26 Å². The van der Waals surface area contributed by atoms with E-state index in [4.69, 9.17) is 10.7 Å². The summed E-state index contributed by atoms with van der Waals surface area (Å²) in [6, 6.07) is 8.57. The Bertz CT molecular complexity index is 839. The molecule has 2 aromatic rings. The van der Waals surface area contributed by atoms with E-state index in [1.54, 1.807) is 6.20 Å². The highest BCUT2D eigenvalue weighted by molar-refractivity contribution is 5.64. The van der Waals surface area contributed by atoms with Gasteiger partial charge in [0.2, 0.25) is 5.95 Å². The van der Waals surface area contributed by atoms with Crippen molar-refractivity contribution in [2.45, 2.75) is 58.4 Å². The van der Waals surface area contributed by atoms with Crippen molar-refractivity contribution >= 4 is 17.5 Å². The van der Waals surface area contributed by atoms with Gasteiger partial charge in [-0.2, -0.15) is 10.2 Å². The number of nitriles is 1. The summed E-state index contributed by atoms with van der Waals surface area (Å²) < 4.78 is 0. The Kier molecular flexibility index (Phi) is 6.15. The van der Waals surface area contributed by atoms with Gasteiger partial charge in [-0.3, -0.25) is 0 Å². The predicted molar refractivity (Wildman–Crippen MR) is 114 cm³/mol. The maximum absolute atomic E-state index is 9.67. The van der Waals surface area contributed by atoms with Crippen LogP contribution < -0.4 is 16.0 Å². The summed E-state index contributed by atoms with van der Waals surface area (Å²) in [4.78, 5) is 11.3. The first-order chi connectivity index (χ1) is 13.4. The molecule has 1 aromatic heterocycles. The van der Waals surface area contributed by atoms with Crippen molar-refractivity contribution in [1.82, 2.24) is 9.97 Å². The van der Waals surface area contributed by atoms with Gasteiger partial charge in [-0.05, 0) is 54.0 Å². The lowest BCUT2D eigenvalue weighted by molar-refractivity contribution is 0.500. The van der Waals surface area contributed by atoms with Crippen LogP contribution in [0, 0.1) is 11.3 Å². The van der Waals surface area contributed by atoms with E-state index in [0.29, 0.717) is 5.95 Å². The van der Waals surface area contributed by atoms with Crippen LogP contribution in [-0.2, 0) is 0 Å². The van der Waals surface area contributed by atoms with Crippen molar-refractivity contribution in [3.05, 3.63) is 41.1 Å². The molecule has 1 aromatic carbocycles. The van der Waals surface area contributed by atoms with E-state index in [1.807, 2.05) is 6.07 Å². The highest BCUT2D eigenvalue weighted by Gasteiger charge is 2.20. The van der Waals surface area contributed by atoms with Gasteiger partial charge >= 0.3 is 0 Å². The maximum atomic E-state index is 9.67. The number of piperidine rings is 1. The van der Waals surface area contributed by atoms with Crippen LogP contribution in [0.5, 0.6) is 0 Å². The molecule has 148 valence electrons. The third kappa shape index (κ3) is 4.42. The fourth-order valence-corrected chi connectivity index (χ4v) is 3.71. The van der Waals surface area contributed by atoms with Gasteiger partial charge in [0.25, 0.3) is 0 Å². The molecule has 0 spiro atoms. The second-order valence-corrected chi connectivity index (χ2v) is 8.17. The van der Waals surface area contributed by atoms with Gasteiger partial charge in [0.05, 0.1) is 11.6 Å². The van der Waals surface area contributed by atoms with Crippen LogP contribution in [0.1, 0.15) is 69.1 Å². The Balaban J connectivity index is 1.91. The fourth-order valence-electron chi connectivity index (χ4n) is 3.71. The largest absolute Gasteiger partial charge is 0.340 e. The summed E-state index contributed by atoms with van der Waals surface area (Å²) in [5.74, 6) is 2.00. The molecule has 0 bridgehead atoms. The summed E-state index contributed by atoms with van der Waals surface area (Å²) in [5, 5.41) is 13.1. The average molecular weight is 379 g/mol. The lowest BCUT2D eigenvalue weighted by atomic mass is 9.88. The highest BCUT2D eigenvalue weighted by Crippen LogP contribution is 2.32. The topological polar surface area (TPSA) is 90.9 Å². The van der Waals surface area contributed by atoms with Gasteiger partial charge in [0.15, 0.2) is 0 Å². The van der Waals surface area contributed by atoms with Crippen molar-refractivity contribution in [2.75, 3.05) is 23.3 Å². The molecule has 3 N–H and O–H groups in total. The first-order valence-corrected chi connectivity index (χ1v) is 10.1. The van der Waals surface area contributed by atoms with Crippen LogP contribution in [0.2, 0.25) is 0 Å². The second kappa shape index (κ2) is 8.57. The SMILES string of the molecule is CC(C)c1cc(Nc2ccnc(N3CCC[C@H](N)C3)n2)cc(C(C)C)c1C#N. The number of hydrogen-bond donors (Lipinski definition) is 2. The number of aromatic nitrogens is 2. The Labute approximate surface area is 167 Å². The summed E-state index contributed by atoms with van der Waals surface area (Å²) in [6.07, 6.45) is 3.89. The summed E-state index contributed by atoms with van der Waals surface area (Å²) in [6.45, 7) is 10.2. The monoisotopic (exact) mass is 378 g/mol. The number of anilines is 3. The standard InChI is InChI=1S/C22H30N6/c1-14(2)18-10-17(11-19(15(3)4)20(18)12-23)26-21-7-8-25-22(27-21)28-9-5-6-16(24)13-28/h7-8,10-11,14-16H,5-6,9,13,24H2,1-4H3,(H,25,26,27)/t16-/m0/s1. The normalized spacial score (nSPS) is 17.1. The molecule has 1 aliphatic heterocycles. The smallest absolute Gasteiger partial charge is 0.227 e. The van der Waals surface area contributed by atoms with Crippen molar-refractivity contribution in [3.63, 3.8) is 0 Å². The van der Waals surface area contributed by atoms with Gasteiger partial charge in [0, 0.05) is 31.0 Å². The zero-order chi connectivity index (χ0) is 20.3. The van der Waals surface area contributed by atoms with E-state index in [9.17, 15) is 5.26 Å². The van der Waals surface area contributed by atoms with Gasteiger partial charge < -0.3 is 16.0 Å².